The molecule has 1 amide bonds. The predicted molar refractivity (Wildman–Crippen MR) is 106 cm³/mol. The number of ether oxygens (including phenoxy) is 1. The van der Waals surface area contributed by atoms with E-state index in [9.17, 15) is 15.2 Å². The third kappa shape index (κ3) is 3.04. The lowest BCUT2D eigenvalue weighted by molar-refractivity contribution is -0.154. The van der Waals surface area contributed by atoms with Crippen LogP contribution in [0.25, 0.3) is 11.1 Å². The van der Waals surface area contributed by atoms with Gasteiger partial charge in [-0.05, 0) is 41.7 Å². The topological polar surface area (TPSA) is 73.6 Å². The van der Waals surface area contributed by atoms with Crippen LogP contribution in [0.5, 0.6) is 5.75 Å². The average molecular weight is 376 g/mol. The number of hydrogen-bond donors (Lipinski definition) is 1. The van der Waals surface area contributed by atoms with Gasteiger partial charge in [0, 0.05) is 11.8 Å². The van der Waals surface area contributed by atoms with Crippen LogP contribution in [-0.2, 0) is 4.79 Å². The first-order valence-electron chi connectivity index (χ1n) is 9.75. The van der Waals surface area contributed by atoms with E-state index >= 15 is 0 Å². The van der Waals surface area contributed by atoms with Crippen molar-refractivity contribution in [2.45, 2.75) is 37.3 Å². The second kappa shape index (κ2) is 7.65. The van der Waals surface area contributed by atoms with Gasteiger partial charge in [-0.3, -0.25) is 4.79 Å². The number of aliphatic hydroxyl groups excluding tert-OH is 1. The van der Waals surface area contributed by atoms with E-state index in [1.807, 2.05) is 48.5 Å². The fourth-order valence-corrected chi connectivity index (χ4v) is 4.26. The Balaban J connectivity index is 1.54. The normalized spacial score (nSPS) is 24.0. The van der Waals surface area contributed by atoms with E-state index in [0.29, 0.717) is 0 Å². The summed E-state index contributed by atoms with van der Waals surface area (Å²) in [5.74, 6) is 0.726. The van der Waals surface area contributed by atoms with Gasteiger partial charge < -0.3 is 14.7 Å². The number of amides is 1. The number of nitriles is 1. The minimum atomic E-state index is -0.503. The van der Waals surface area contributed by atoms with E-state index < -0.39 is 6.04 Å². The molecule has 5 heteroatoms. The van der Waals surface area contributed by atoms with Crippen molar-refractivity contribution in [3.05, 3.63) is 54.1 Å². The van der Waals surface area contributed by atoms with Gasteiger partial charge in [-0.25, -0.2) is 0 Å². The van der Waals surface area contributed by atoms with Gasteiger partial charge in [-0.2, -0.15) is 5.26 Å². The third-order valence-electron chi connectivity index (χ3n) is 6.16. The summed E-state index contributed by atoms with van der Waals surface area (Å²) in [5, 5.41) is 19.6. The molecule has 2 fully saturated rings. The first-order valence-corrected chi connectivity index (χ1v) is 9.75. The Morgan fingerprint density at radius 2 is 1.75 bits per heavy atom. The summed E-state index contributed by atoms with van der Waals surface area (Å²) in [6.45, 7) is -0.123. The fourth-order valence-electron chi connectivity index (χ4n) is 4.26. The van der Waals surface area contributed by atoms with Crippen molar-refractivity contribution < 1.29 is 14.6 Å². The van der Waals surface area contributed by atoms with Crippen LogP contribution in [0, 0.1) is 17.2 Å². The zero-order valence-electron chi connectivity index (χ0n) is 15.9. The Labute approximate surface area is 165 Å². The summed E-state index contributed by atoms with van der Waals surface area (Å²) >= 11 is 0. The zero-order valence-corrected chi connectivity index (χ0v) is 15.9. The van der Waals surface area contributed by atoms with Crippen molar-refractivity contribution in [3.63, 3.8) is 0 Å². The van der Waals surface area contributed by atoms with Crippen molar-refractivity contribution in [1.29, 1.82) is 5.26 Å². The van der Waals surface area contributed by atoms with Gasteiger partial charge >= 0.3 is 0 Å². The van der Waals surface area contributed by atoms with Gasteiger partial charge in [0.05, 0.1) is 25.8 Å². The van der Waals surface area contributed by atoms with Gasteiger partial charge in [-0.15, -0.1) is 0 Å². The van der Waals surface area contributed by atoms with E-state index in [1.165, 1.54) is 0 Å². The van der Waals surface area contributed by atoms with Crippen molar-refractivity contribution in [2.24, 2.45) is 5.92 Å². The quantitative estimate of drug-likeness (QED) is 0.869. The molecular weight excluding hydrogens is 352 g/mol. The van der Waals surface area contributed by atoms with Crippen molar-refractivity contribution in [2.75, 3.05) is 13.7 Å². The molecule has 1 aliphatic heterocycles. The van der Waals surface area contributed by atoms with E-state index in [1.54, 1.807) is 12.0 Å². The van der Waals surface area contributed by atoms with Gasteiger partial charge in [-0.1, -0.05) is 42.8 Å². The molecule has 0 aromatic heterocycles. The number of carbonyl (C=O) groups excluding carboxylic acids is 1. The van der Waals surface area contributed by atoms with E-state index in [-0.39, 0.29) is 30.4 Å². The van der Waals surface area contributed by atoms with Crippen LogP contribution in [0.15, 0.2) is 48.5 Å². The first kappa shape index (κ1) is 18.5. The maximum Gasteiger partial charge on any atom is 0.227 e. The number of rotatable bonds is 5. The second-order valence-electron chi connectivity index (χ2n) is 7.57. The highest BCUT2D eigenvalue weighted by molar-refractivity contribution is 5.82. The van der Waals surface area contributed by atoms with Crippen molar-refractivity contribution in [3.8, 4) is 22.9 Å². The standard InChI is InChI=1S/C23H24N2O3/c1-28-19-11-9-16(10-12-19)15-5-7-17(8-6-15)22-20(13-24)25(21(22)14-26)23(27)18-3-2-4-18/h5-12,18,20-22,26H,2-4,14H2,1H3/t20-,21+,22-/m0/s1. The molecule has 2 aromatic carbocycles. The van der Waals surface area contributed by atoms with Crippen molar-refractivity contribution >= 4 is 5.91 Å². The highest BCUT2D eigenvalue weighted by Gasteiger charge is 2.53. The van der Waals surface area contributed by atoms with E-state index in [4.69, 9.17) is 4.74 Å². The van der Waals surface area contributed by atoms with Crippen LogP contribution in [0.4, 0.5) is 0 Å². The molecule has 2 aliphatic rings. The number of aliphatic hydroxyl groups is 1. The first-order chi connectivity index (χ1) is 13.7. The Bertz CT molecular complexity index is 882. The molecule has 1 N–H and O–H groups in total. The fraction of sp³-hybridized carbons (Fsp3) is 0.391. The molecule has 0 spiro atoms. The average Bonchev–Trinajstić information content (AvgIpc) is 2.67. The summed E-state index contributed by atoms with van der Waals surface area (Å²) in [4.78, 5) is 14.3. The Kier molecular flexibility index (Phi) is 5.06. The number of nitrogens with zero attached hydrogens (tertiary/aromatic N) is 2. The molecule has 1 heterocycles. The molecular formula is C23H24N2O3. The molecule has 0 radical (unpaired) electrons. The van der Waals surface area contributed by atoms with Crippen LogP contribution < -0.4 is 4.74 Å². The molecule has 1 saturated carbocycles. The Morgan fingerprint density at radius 3 is 2.21 bits per heavy atom. The van der Waals surface area contributed by atoms with Crippen molar-refractivity contribution in [1.82, 2.24) is 4.90 Å². The monoisotopic (exact) mass is 376 g/mol. The summed E-state index contributed by atoms with van der Waals surface area (Å²) in [5.41, 5.74) is 3.14. The molecule has 2 aromatic rings. The number of benzene rings is 2. The van der Waals surface area contributed by atoms with Gasteiger partial charge in [0.2, 0.25) is 5.91 Å². The number of carbonyl (C=O) groups is 1. The summed E-state index contributed by atoms with van der Waals surface area (Å²) in [6.07, 6.45) is 2.86. The van der Waals surface area contributed by atoms with Gasteiger partial charge in [0.25, 0.3) is 0 Å². The molecule has 5 nitrogen and oxygen atoms in total. The highest BCUT2D eigenvalue weighted by Crippen LogP contribution is 2.43. The smallest absolute Gasteiger partial charge is 0.227 e. The van der Waals surface area contributed by atoms with Crippen LogP contribution in [0.1, 0.15) is 30.7 Å². The minimum absolute atomic E-state index is 0.0305. The van der Waals surface area contributed by atoms with E-state index in [0.717, 1.165) is 41.7 Å². The Hall–Kier alpha value is -2.84. The lowest BCUT2D eigenvalue weighted by atomic mass is 9.73. The molecule has 1 saturated heterocycles. The molecule has 0 unspecified atom stereocenters. The molecule has 28 heavy (non-hydrogen) atoms. The SMILES string of the molecule is COc1ccc(-c2ccc([C@@H]3[C@@H](CO)N(C(=O)C4CCC4)[C@H]3C#N)cc2)cc1. The highest BCUT2D eigenvalue weighted by atomic mass is 16.5. The molecule has 0 bridgehead atoms. The second-order valence-corrected chi connectivity index (χ2v) is 7.57. The molecule has 144 valence electrons. The summed E-state index contributed by atoms with van der Waals surface area (Å²) in [6, 6.07) is 17.4. The number of likely N-dealkylation sites (tertiary alicyclic amines) is 1. The number of methoxy groups -OCH3 is 1. The lowest BCUT2D eigenvalue weighted by Crippen LogP contribution is -2.66. The summed E-state index contributed by atoms with van der Waals surface area (Å²) < 4.78 is 5.20. The van der Waals surface area contributed by atoms with Crippen LogP contribution in [-0.4, -0.2) is 41.7 Å². The number of hydrogen-bond acceptors (Lipinski definition) is 4. The van der Waals surface area contributed by atoms with Gasteiger partial charge in [0.1, 0.15) is 11.8 Å². The molecule has 4 rings (SSSR count). The zero-order chi connectivity index (χ0) is 19.7. The molecule has 3 atom stereocenters. The summed E-state index contributed by atoms with van der Waals surface area (Å²) in [7, 11) is 1.64. The third-order valence-corrected chi connectivity index (χ3v) is 6.16. The maximum absolute atomic E-state index is 12.7. The predicted octanol–water partition coefficient (Wildman–Crippen LogP) is 3.34. The Morgan fingerprint density at radius 1 is 1.14 bits per heavy atom. The lowest BCUT2D eigenvalue weighted by Gasteiger charge is -2.53. The minimum Gasteiger partial charge on any atom is -0.497 e. The van der Waals surface area contributed by atoms with Crippen LogP contribution in [0.3, 0.4) is 0 Å². The van der Waals surface area contributed by atoms with Crippen LogP contribution in [0.2, 0.25) is 0 Å². The largest absolute Gasteiger partial charge is 0.497 e. The maximum atomic E-state index is 12.7. The van der Waals surface area contributed by atoms with Gasteiger partial charge in [0.15, 0.2) is 0 Å². The van der Waals surface area contributed by atoms with E-state index in [2.05, 4.69) is 6.07 Å². The molecule has 1 aliphatic carbocycles. The van der Waals surface area contributed by atoms with Crippen LogP contribution >= 0.6 is 0 Å².